The molecular formula is C27H40ClN3O4S. The first-order valence-corrected chi connectivity index (χ1v) is 15.6. The Labute approximate surface area is 221 Å². The van der Waals surface area contributed by atoms with Crippen LogP contribution in [0.3, 0.4) is 0 Å². The minimum absolute atomic E-state index is 0.0268. The number of halogens is 1. The SMILES string of the molecule is C[C@@H]1CN(C2CCCCC2)CCN1C(=O)OC[C@H]1CCC[C@@H](C2CC2)N1S(=O)(=O)c1ccc(Cl)cc1. The molecule has 7 nitrogen and oxygen atoms in total. The average Bonchev–Trinajstić information content (AvgIpc) is 3.73. The highest BCUT2D eigenvalue weighted by atomic mass is 35.5. The molecule has 2 saturated heterocycles. The van der Waals surface area contributed by atoms with E-state index >= 15 is 0 Å². The van der Waals surface area contributed by atoms with Crippen LogP contribution >= 0.6 is 11.6 Å². The maximum absolute atomic E-state index is 13.8. The van der Waals surface area contributed by atoms with Crippen molar-refractivity contribution in [2.45, 2.75) is 100 Å². The lowest BCUT2D eigenvalue weighted by Gasteiger charge is -2.44. The Bertz CT molecular complexity index is 1010. The fourth-order valence-corrected chi connectivity index (χ4v) is 8.60. The van der Waals surface area contributed by atoms with Crippen LogP contribution in [-0.4, -0.2) is 79.0 Å². The molecule has 2 aliphatic carbocycles. The van der Waals surface area contributed by atoms with Gasteiger partial charge in [0.25, 0.3) is 0 Å². The van der Waals surface area contributed by atoms with Gasteiger partial charge in [-0.05, 0) is 75.6 Å². The van der Waals surface area contributed by atoms with Crippen molar-refractivity contribution in [3.05, 3.63) is 29.3 Å². The monoisotopic (exact) mass is 537 g/mol. The summed E-state index contributed by atoms with van der Waals surface area (Å²) in [7, 11) is -3.72. The van der Waals surface area contributed by atoms with Crippen molar-refractivity contribution in [2.24, 2.45) is 5.92 Å². The Morgan fingerprint density at radius 3 is 2.36 bits per heavy atom. The molecule has 1 amide bonds. The van der Waals surface area contributed by atoms with Crippen LogP contribution in [-0.2, 0) is 14.8 Å². The molecule has 0 unspecified atom stereocenters. The van der Waals surface area contributed by atoms with Crippen LogP contribution in [0.2, 0.25) is 5.02 Å². The van der Waals surface area contributed by atoms with E-state index in [9.17, 15) is 13.2 Å². The van der Waals surface area contributed by atoms with Crippen molar-refractivity contribution < 1.29 is 17.9 Å². The molecule has 2 aliphatic heterocycles. The van der Waals surface area contributed by atoms with Crippen molar-refractivity contribution in [1.29, 1.82) is 0 Å². The summed E-state index contributed by atoms with van der Waals surface area (Å²) in [5, 5.41) is 0.509. The van der Waals surface area contributed by atoms with Crippen LogP contribution in [0.15, 0.2) is 29.2 Å². The van der Waals surface area contributed by atoms with Gasteiger partial charge in [0.1, 0.15) is 6.61 Å². The largest absolute Gasteiger partial charge is 0.448 e. The van der Waals surface area contributed by atoms with E-state index in [2.05, 4.69) is 11.8 Å². The summed E-state index contributed by atoms with van der Waals surface area (Å²) >= 11 is 6.01. The third-order valence-electron chi connectivity index (χ3n) is 8.66. The lowest BCUT2D eigenvalue weighted by Crippen LogP contribution is -2.57. The van der Waals surface area contributed by atoms with Crippen molar-refractivity contribution in [3.8, 4) is 0 Å². The highest BCUT2D eigenvalue weighted by Gasteiger charge is 2.46. The highest BCUT2D eigenvalue weighted by molar-refractivity contribution is 7.89. The van der Waals surface area contributed by atoms with Crippen molar-refractivity contribution in [1.82, 2.24) is 14.1 Å². The second kappa shape index (κ2) is 11.2. The fraction of sp³-hybridized carbons (Fsp3) is 0.741. The van der Waals surface area contributed by atoms with Crippen LogP contribution in [0.4, 0.5) is 4.79 Å². The van der Waals surface area contributed by atoms with Crippen molar-refractivity contribution in [2.75, 3.05) is 26.2 Å². The summed E-state index contributed by atoms with van der Waals surface area (Å²) < 4.78 is 35.0. The minimum Gasteiger partial charge on any atom is -0.448 e. The lowest BCUT2D eigenvalue weighted by atomic mass is 9.93. The number of benzene rings is 1. The van der Waals surface area contributed by atoms with E-state index in [4.69, 9.17) is 16.3 Å². The highest BCUT2D eigenvalue weighted by Crippen LogP contribution is 2.43. The molecule has 0 N–H and O–H groups in total. The molecule has 9 heteroatoms. The Balaban J connectivity index is 1.24. The Morgan fingerprint density at radius 2 is 1.69 bits per heavy atom. The Hall–Kier alpha value is -1.35. The number of hydrogen-bond donors (Lipinski definition) is 0. The van der Waals surface area contributed by atoms with Gasteiger partial charge in [0.2, 0.25) is 10.0 Å². The Kier molecular flexibility index (Phi) is 8.15. The fourth-order valence-electron chi connectivity index (χ4n) is 6.56. The summed E-state index contributed by atoms with van der Waals surface area (Å²) in [4.78, 5) is 17.8. The van der Waals surface area contributed by atoms with Gasteiger partial charge >= 0.3 is 6.09 Å². The molecule has 5 rings (SSSR count). The van der Waals surface area contributed by atoms with Crippen LogP contribution in [0.5, 0.6) is 0 Å². The maximum Gasteiger partial charge on any atom is 0.410 e. The molecule has 0 radical (unpaired) electrons. The summed E-state index contributed by atoms with van der Waals surface area (Å²) in [5.41, 5.74) is 0. The summed E-state index contributed by atoms with van der Waals surface area (Å²) in [6.45, 7) is 4.62. The number of rotatable bonds is 6. The zero-order chi connectivity index (χ0) is 25.3. The number of piperidine rings is 1. The molecule has 2 heterocycles. The summed E-state index contributed by atoms with van der Waals surface area (Å²) in [6, 6.07) is 6.76. The first-order valence-electron chi connectivity index (χ1n) is 13.8. The number of hydrogen-bond acceptors (Lipinski definition) is 5. The molecule has 3 atom stereocenters. The zero-order valence-electron chi connectivity index (χ0n) is 21.4. The normalized spacial score (nSPS) is 29.3. The second-order valence-electron chi connectivity index (χ2n) is 11.2. The molecule has 0 aromatic heterocycles. The van der Waals surface area contributed by atoms with Gasteiger partial charge in [0.05, 0.1) is 10.9 Å². The molecule has 1 aromatic rings. The van der Waals surface area contributed by atoms with E-state index in [1.807, 2.05) is 4.90 Å². The molecule has 0 spiro atoms. The van der Waals surface area contributed by atoms with Crippen LogP contribution in [0.25, 0.3) is 0 Å². The predicted octanol–water partition coefficient (Wildman–Crippen LogP) is 5.14. The number of piperazine rings is 1. The smallest absolute Gasteiger partial charge is 0.410 e. The van der Waals surface area contributed by atoms with E-state index < -0.39 is 10.0 Å². The zero-order valence-corrected chi connectivity index (χ0v) is 22.9. The molecule has 4 aliphatic rings. The van der Waals surface area contributed by atoms with Gasteiger partial charge in [0, 0.05) is 42.8 Å². The first kappa shape index (κ1) is 26.3. The quantitative estimate of drug-likeness (QED) is 0.502. The first-order chi connectivity index (χ1) is 17.3. The Morgan fingerprint density at radius 1 is 0.972 bits per heavy atom. The lowest BCUT2D eigenvalue weighted by molar-refractivity contribution is 0.0176. The number of amides is 1. The van der Waals surface area contributed by atoms with Crippen molar-refractivity contribution >= 4 is 27.7 Å². The summed E-state index contributed by atoms with van der Waals surface area (Å²) in [5.74, 6) is 0.401. The molecule has 36 heavy (non-hydrogen) atoms. The van der Waals surface area contributed by atoms with Gasteiger partial charge < -0.3 is 9.64 Å². The molecule has 2 saturated carbocycles. The van der Waals surface area contributed by atoms with E-state index in [0.29, 0.717) is 29.9 Å². The van der Waals surface area contributed by atoms with E-state index in [1.165, 1.54) is 32.1 Å². The van der Waals surface area contributed by atoms with Gasteiger partial charge in [0.15, 0.2) is 0 Å². The topological polar surface area (TPSA) is 70.2 Å². The molecule has 4 fully saturated rings. The number of nitrogens with zero attached hydrogens (tertiary/aromatic N) is 3. The standard InChI is InChI=1S/C27H40ClN3O4S/c1-20-18-29(23-6-3-2-4-7-23)16-17-30(20)27(32)35-19-24-8-5-9-26(21-10-11-21)31(24)36(33,34)25-14-12-22(28)13-15-25/h12-15,20-21,23-24,26H,2-11,16-19H2,1H3/t20-,24-,26+/m1/s1. The van der Waals surface area contributed by atoms with Gasteiger partial charge in [-0.15, -0.1) is 0 Å². The van der Waals surface area contributed by atoms with Gasteiger partial charge in [-0.25, -0.2) is 13.2 Å². The van der Waals surface area contributed by atoms with Crippen LogP contribution < -0.4 is 0 Å². The molecular weight excluding hydrogens is 498 g/mol. The van der Waals surface area contributed by atoms with Gasteiger partial charge in [-0.2, -0.15) is 4.31 Å². The molecule has 200 valence electrons. The third kappa shape index (κ3) is 5.71. The predicted molar refractivity (Wildman–Crippen MR) is 141 cm³/mol. The van der Waals surface area contributed by atoms with E-state index in [-0.39, 0.29) is 35.7 Å². The van der Waals surface area contributed by atoms with Crippen LogP contribution in [0, 0.1) is 5.92 Å². The maximum atomic E-state index is 13.8. The number of sulfonamides is 1. The van der Waals surface area contributed by atoms with Crippen LogP contribution in [0.1, 0.15) is 71.1 Å². The molecule has 0 bridgehead atoms. The van der Waals surface area contributed by atoms with Gasteiger partial charge in [-0.1, -0.05) is 37.3 Å². The number of carbonyl (C=O) groups is 1. The summed E-state index contributed by atoms with van der Waals surface area (Å²) in [6.07, 6.45) is 10.8. The number of ether oxygens (including phenoxy) is 1. The average molecular weight is 538 g/mol. The van der Waals surface area contributed by atoms with Gasteiger partial charge in [-0.3, -0.25) is 4.90 Å². The van der Waals surface area contributed by atoms with Crippen molar-refractivity contribution in [3.63, 3.8) is 0 Å². The molecule has 1 aromatic carbocycles. The van der Waals surface area contributed by atoms with E-state index in [1.54, 1.807) is 28.6 Å². The number of carbonyl (C=O) groups excluding carboxylic acids is 1. The second-order valence-corrected chi connectivity index (χ2v) is 13.5. The minimum atomic E-state index is -3.72. The third-order valence-corrected chi connectivity index (χ3v) is 10.9. The van der Waals surface area contributed by atoms with E-state index in [0.717, 1.165) is 38.8 Å².